The van der Waals surface area contributed by atoms with Crippen LogP contribution < -0.4 is 4.90 Å². The van der Waals surface area contributed by atoms with Gasteiger partial charge in [-0.25, -0.2) is 0 Å². The average Bonchev–Trinajstić information content (AvgIpc) is 2.35. The monoisotopic (exact) mass is 262 g/mol. The van der Waals surface area contributed by atoms with Crippen LogP contribution in [0.4, 0.5) is 5.69 Å². The highest BCUT2D eigenvalue weighted by atomic mass is 16.1. The molecule has 0 fully saturated rings. The van der Waals surface area contributed by atoms with Crippen molar-refractivity contribution in [1.29, 1.82) is 0 Å². The Balaban J connectivity index is 3.17. The van der Waals surface area contributed by atoms with Crippen molar-refractivity contribution in [3.8, 4) is 0 Å². The predicted molar refractivity (Wildman–Crippen MR) is 82.2 cm³/mol. The topological polar surface area (TPSA) is 23.6 Å². The first-order valence-corrected chi connectivity index (χ1v) is 6.74. The number of hydrogen-bond acceptors (Lipinski definition) is 3. The van der Waals surface area contributed by atoms with Gasteiger partial charge < -0.3 is 4.90 Å². The van der Waals surface area contributed by atoms with Gasteiger partial charge in [0.05, 0.1) is 5.54 Å². The maximum atomic E-state index is 12.7. The van der Waals surface area contributed by atoms with Crippen LogP contribution >= 0.6 is 0 Å². The molecular formula is C16H26N2O. The van der Waals surface area contributed by atoms with Crippen molar-refractivity contribution in [3.63, 3.8) is 0 Å². The van der Waals surface area contributed by atoms with Gasteiger partial charge in [0.1, 0.15) is 0 Å². The Morgan fingerprint density at radius 2 is 1.79 bits per heavy atom. The van der Waals surface area contributed by atoms with Gasteiger partial charge in [-0.2, -0.15) is 0 Å². The summed E-state index contributed by atoms with van der Waals surface area (Å²) in [6.07, 6.45) is 0.799. The summed E-state index contributed by atoms with van der Waals surface area (Å²) in [6.45, 7) is 6.11. The fourth-order valence-corrected chi connectivity index (χ4v) is 2.29. The Labute approximate surface area is 117 Å². The molecule has 19 heavy (non-hydrogen) atoms. The van der Waals surface area contributed by atoms with E-state index >= 15 is 0 Å². The molecular weight excluding hydrogens is 236 g/mol. The third kappa shape index (κ3) is 2.98. The summed E-state index contributed by atoms with van der Waals surface area (Å²) in [5.41, 5.74) is 2.64. The number of Topliss-reactive ketones (excluding diaryl/α,β-unsaturated/α-hetero) is 1. The lowest BCUT2D eigenvalue weighted by molar-refractivity contribution is 0.0710. The van der Waals surface area contributed by atoms with Gasteiger partial charge in [-0.1, -0.05) is 6.92 Å². The number of likely N-dealkylation sites (N-methyl/N-ethyl adjacent to an activating group) is 1. The van der Waals surface area contributed by atoms with Crippen LogP contribution in [0.1, 0.15) is 36.2 Å². The van der Waals surface area contributed by atoms with Crippen molar-refractivity contribution in [3.05, 3.63) is 29.3 Å². The minimum atomic E-state index is -0.438. The van der Waals surface area contributed by atoms with E-state index in [1.165, 1.54) is 0 Å². The summed E-state index contributed by atoms with van der Waals surface area (Å²) in [4.78, 5) is 16.8. The number of carbonyl (C=O) groups is 1. The summed E-state index contributed by atoms with van der Waals surface area (Å²) in [5, 5.41) is 0. The van der Waals surface area contributed by atoms with Crippen LogP contribution in [-0.4, -0.2) is 44.4 Å². The molecule has 1 aromatic carbocycles. The van der Waals surface area contributed by atoms with Gasteiger partial charge in [0.25, 0.3) is 0 Å². The highest BCUT2D eigenvalue weighted by molar-refractivity contribution is 6.03. The molecule has 0 heterocycles. The van der Waals surface area contributed by atoms with E-state index in [-0.39, 0.29) is 5.78 Å². The summed E-state index contributed by atoms with van der Waals surface area (Å²) >= 11 is 0. The van der Waals surface area contributed by atoms with E-state index in [0.29, 0.717) is 0 Å². The van der Waals surface area contributed by atoms with Gasteiger partial charge in [0, 0.05) is 25.3 Å². The molecule has 3 nitrogen and oxygen atoms in total. The second-order valence-corrected chi connectivity index (χ2v) is 5.75. The van der Waals surface area contributed by atoms with Crippen LogP contribution in [0.3, 0.4) is 0 Å². The van der Waals surface area contributed by atoms with Gasteiger partial charge in [0.2, 0.25) is 0 Å². The minimum Gasteiger partial charge on any atom is -0.377 e. The van der Waals surface area contributed by atoms with Crippen LogP contribution in [0.25, 0.3) is 0 Å². The van der Waals surface area contributed by atoms with Gasteiger partial charge in [0.15, 0.2) is 5.78 Å². The molecule has 0 N–H and O–H groups in total. The van der Waals surface area contributed by atoms with Gasteiger partial charge in [-0.3, -0.25) is 9.69 Å². The zero-order chi connectivity index (χ0) is 14.8. The smallest absolute Gasteiger partial charge is 0.182 e. The molecule has 1 rings (SSSR count). The van der Waals surface area contributed by atoms with E-state index in [1.54, 1.807) is 0 Å². The second kappa shape index (κ2) is 5.74. The lowest BCUT2D eigenvalue weighted by Crippen LogP contribution is -2.48. The average molecular weight is 262 g/mol. The fourth-order valence-electron chi connectivity index (χ4n) is 2.29. The standard InChI is InChI=1S/C16H26N2O/c1-8-16(3,18(6)7)15(19)13-9-10-14(17(4)5)12(2)11-13/h9-11H,8H2,1-7H3. The van der Waals surface area contributed by atoms with Crippen molar-refractivity contribution < 1.29 is 4.79 Å². The molecule has 0 aromatic heterocycles. The molecule has 0 aliphatic heterocycles. The van der Waals surface area contributed by atoms with Crippen LogP contribution in [-0.2, 0) is 0 Å². The van der Waals surface area contributed by atoms with Crippen molar-refractivity contribution in [2.75, 3.05) is 33.1 Å². The van der Waals surface area contributed by atoms with E-state index in [9.17, 15) is 4.79 Å². The normalized spacial score (nSPS) is 14.3. The maximum Gasteiger partial charge on any atom is 0.182 e. The van der Waals surface area contributed by atoms with Crippen molar-refractivity contribution in [2.45, 2.75) is 32.7 Å². The second-order valence-electron chi connectivity index (χ2n) is 5.75. The number of carbonyl (C=O) groups excluding carboxylic acids is 1. The Bertz CT molecular complexity index is 466. The summed E-state index contributed by atoms with van der Waals surface area (Å²) in [6, 6.07) is 5.95. The zero-order valence-corrected chi connectivity index (χ0v) is 13.2. The maximum absolute atomic E-state index is 12.7. The Kier molecular flexibility index (Phi) is 4.75. The molecule has 0 bridgehead atoms. The Morgan fingerprint density at radius 1 is 1.21 bits per heavy atom. The van der Waals surface area contributed by atoms with Crippen LogP contribution in [0.2, 0.25) is 0 Å². The minimum absolute atomic E-state index is 0.188. The molecule has 3 heteroatoms. The highest BCUT2D eigenvalue weighted by Crippen LogP contribution is 2.25. The van der Waals surface area contributed by atoms with Crippen molar-refractivity contribution in [2.24, 2.45) is 0 Å². The van der Waals surface area contributed by atoms with E-state index in [1.807, 2.05) is 65.1 Å². The largest absolute Gasteiger partial charge is 0.377 e. The molecule has 0 saturated carbocycles. The molecule has 1 atom stereocenters. The third-order valence-corrected chi connectivity index (χ3v) is 4.11. The van der Waals surface area contributed by atoms with Gasteiger partial charge >= 0.3 is 0 Å². The molecule has 0 radical (unpaired) electrons. The lowest BCUT2D eigenvalue weighted by atomic mass is 9.87. The molecule has 1 aromatic rings. The van der Waals surface area contributed by atoms with Gasteiger partial charge in [-0.15, -0.1) is 0 Å². The van der Waals surface area contributed by atoms with Crippen molar-refractivity contribution >= 4 is 11.5 Å². The molecule has 106 valence electrons. The summed E-state index contributed by atoms with van der Waals surface area (Å²) < 4.78 is 0. The predicted octanol–water partition coefficient (Wildman–Crippen LogP) is 2.97. The number of anilines is 1. The van der Waals surface area contributed by atoms with Crippen molar-refractivity contribution in [1.82, 2.24) is 4.90 Å². The fraction of sp³-hybridized carbons (Fsp3) is 0.562. The number of nitrogens with zero attached hydrogens (tertiary/aromatic N) is 2. The molecule has 0 spiro atoms. The highest BCUT2D eigenvalue weighted by Gasteiger charge is 2.34. The molecule has 0 aliphatic carbocycles. The first-order chi connectivity index (χ1) is 8.74. The summed E-state index contributed by atoms with van der Waals surface area (Å²) in [5.74, 6) is 0.188. The van der Waals surface area contributed by atoms with Crippen LogP contribution in [0, 0.1) is 6.92 Å². The van der Waals surface area contributed by atoms with E-state index < -0.39 is 5.54 Å². The Hall–Kier alpha value is -1.35. The molecule has 1 unspecified atom stereocenters. The van der Waals surface area contributed by atoms with Crippen LogP contribution in [0.5, 0.6) is 0 Å². The Morgan fingerprint density at radius 3 is 2.16 bits per heavy atom. The quantitative estimate of drug-likeness (QED) is 0.762. The molecule has 0 amide bonds. The first kappa shape index (κ1) is 15.7. The number of rotatable bonds is 5. The summed E-state index contributed by atoms with van der Waals surface area (Å²) in [7, 11) is 7.95. The number of aryl methyl sites for hydroxylation is 1. The number of benzene rings is 1. The number of ketones is 1. The lowest BCUT2D eigenvalue weighted by Gasteiger charge is -2.34. The van der Waals surface area contributed by atoms with E-state index in [2.05, 4.69) is 11.8 Å². The van der Waals surface area contributed by atoms with Gasteiger partial charge in [-0.05, 0) is 58.1 Å². The SMILES string of the molecule is CCC(C)(C(=O)c1ccc(N(C)C)c(C)c1)N(C)C. The molecule has 0 aliphatic rings. The first-order valence-electron chi connectivity index (χ1n) is 6.74. The molecule has 0 saturated heterocycles. The zero-order valence-electron chi connectivity index (χ0n) is 13.2. The van der Waals surface area contributed by atoms with E-state index in [0.717, 1.165) is 23.2 Å². The van der Waals surface area contributed by atoms with Crippen LogP contribution in [0.15, 0.2) is 18.2 Å². The van der Waals surface area contributed by atoms with E-state index in [4.69, 9.17) is 0 Å². The number of hydrogen-bond donors (Lipinski definition) is 0. The third-order valence-electron chi connectivity index (χ3n) is 4.11.